The van der Waals surface area contributed by atoms with Crippen LogP contribution in [0.2, 0.25) is 5.02 Å². The fraction of sp³-hybridized carbons (Fsp3) is 0.154. The first-order chi connectivity index (χ1) is 9.14. The van der Waals surface area contributed by atoms with Crippen molar-refractivity contribution in [2.24, 2.45) is 10.7 Å². The molecule has 1 aromatic carbocycles. The number of rotatable bonds is 4. The highest BCUT2D eigenvalue weighted by Crippen LogP contribution is 2.20. The lowest BCUT2D eigenvalue weighted by molar-refractivity contribution is -0.122. The Morgan fingerprint density at radius 1 is 1.47 bits per heavy atom. The Hall–Kier alpha value is -2.14. The molecule has 0 aliphatic heterocycles. The summed E-state index contributed by atoms with van der Waals surface area (Å²) in [5.74, 6) is 0. The van der Waals surface area contributed by atoms with Crippen LogP contribution in [0.25, 0.3) is 5.57 Å². The van der Waals surface area contributed by atoms with Crippen LogP contribution in [-0.2, 0) is 4.79 Å². The largest absolute Gasteiger partial charge is 0.483 e. The molecule has 0 unspecified atom stereocenters. The van der Waals surface area contributed by atoms with Crippen LogP contribution in [0.4, 0.5) is 0 Å². The fourth-order valence-corrected chi connectivity index (χ4v) is 1.45. The van der Waals surface area contributed by atoms with Crippen molar-refractivity contribution < 1.29 is 14.7 Å². The van der Waals surface area contributed by atoms with E-state index in [1.54, 1.807) is 24.4 Å². The summed E-state index contributed by atoms with van der Waals surface area (Å²) in [6.45, 7) is 2.33. The lowest BCUT2D eigenvalue weighted by Crippen LogP contribution is -1.97. The maximum atomic E-state index is 10.9. The molecule has 0 fully saturated rings. The average Bonchev–Trinajstić information content (AvgIpc) is 2.41. The van der Waals surface area contributed by atoms with E-state index in [2.05, 4.69) is 4.99 Å². The topological polar surface area (TPSA) is 92.8 Å². The highest BCUT2D eigenvalue weighted by molar-refractivity contribution is 6.31. The third-order valence-electron chi connectivity index (χ3n) is 2.05. The maximum Gasteiger partial charge on any atom is 0.290 e. The standard InChI is InChI=1S/C12H13ClN2O.CH2O2/c1-2-15-7-10(6-14)12-5-11(13)4-3-9(12)8-16;2-1-3/h3-8H,2,14H2,1H3;1H,(H,2,3)/b10-6+,15-7?;. The predicted octanol–water partition coefficient (Wildman–Crippen LogP) is 2.24. The van der Waals surface area contributed by atoms with Gasteiger partial charge in [-0.3, -0.25) is 14.6 Å². The first-order valence-electron chi connectivity index (χ1n) is 5.39. The molecule has 0 aliphatic rings. The number of carbonyl (C=O) groups is 2. The minimum Gasteiger partial charge on any atom is -0.483 e. The highest BCUT2D eigenvalue weighted by atomic mass is 35.5. The molecule has 1 aromatic rings. The molecule has 0 aliphatic carbocycles. The molecule has 0 heterocycles. The van der Waals surface area contributed by atoms with Crippen LogP contribution >= 0.6 is 11.6 Å². The average molecular weight is 283 g/mol. The van der Waals surface area contributed by atoms with Gasteiger partial charge in [0.15, 0.2) is 6.29 Å². The van der Waals surface area contributed by atoms with Gasteiger partial charge in [-0.25, -0.2) is 0 Å². The van der Waals surface area contributed by atoms with Gasteiger partial charge in [0, 0.05) is 35.1 Å². The Morgan fingerprint density at radius 3 is 2.58 bits per heavy atom. The van der Waals surface area contributed by atoms with Gasteiger partial charge in [-0.2, -0.15) is 0 Å². The van der Waals surface area contributed by atoms with Crippen LogP contribution in [0.5, 0.6) is 0 Å². The molecule has 0 atom stereocenters. The van der Waals surface area contributed by atoms with Crippen LogP contribution in [0, 0.1) is 0 Å². The lowest BCUT2D eigenvalue weighted by atomic mass is 10.0. The molecule has 0 aromatic heterocycles. The van der Waals surface area contributed by atoms with Gasteiger partial charge in [0.2, 0.25) is 0 Å². The van der Waals surface area contributed by atoms with E-state index in [0.717, 1.165) is 6.29 Å². The van der Waals surface area contributed by atoms with Crippen molar-refractivity contribution in [3.05, 3.63) is 40.5 Å². The number of aldehydes is 1. The molecule has 0 bridgehead atoms. The quantitative estimate of drug-likeness (QED) is 0.654. The Bertz CT molecular complexity index is 485. The van der Waals surface area contributed by atoms with Gasteiger partial charge in [0.1, 0.15) is 0 Å². The summed E-state index contributed by atoms with van der Waals surface area (Å²) in [5.41, 5.74) is 7.43. The van der Waals surface area contributed by atoms with Gasteiger partial charge in [-0.1, -0.05) is 11.6 Å². The second-order valence-corrected chi connectivity index (χ2v) is 3.64. The molecule has 0 radical (unpaired) electrons. The van der Waals surface area contributed by atoms with Crippen molar-refractivity contribution in [1.29, 1.82) is 0 Å². The SMILES string of the molecule is CCN=C/C(=C\N)c1cc(Cl)ccc1C=O.O=CO. The van der Waals surface area contributed by atoms with Crippen LogP contribution in [0.15, 0.2) is 29.4 Å². The molecule has 3 N–H and O–H groups in total. The van der Waals surface area contributed by atoms with Gasteiger partial charge < -0.3 is 10.8 Å². The summed E-state index contributed by atoms with van der Waals surface area (Å²) in [5, 5.41) is 7.45. The minimum atomic E-state index is -0.250. The van der Waals surface area contributed by atoms with E-state index in [-0.39, 0.29) is 6.47 Å². The van der Waals surface area contributed by atoms with E-state index in [4.69, 9.17) is 27.2 Å². The number of benzene rings is 1. The van der Waals surface area contributed by atoms with Crippen molar-refractivity contribution in [3.63, 3.8) is 0 Å². The molecule has 0 saturated heterocycles. The zero-order valence-electron chi connectivity index (χ0n) is 10.4. The molecule has 102 valence electrons. The number of aliphatic imine (C=N–C) groups is 1. The van der Waals surface area contributed by atoms with Crippen LogP contribution in [-0.4, -0.2) is 30.6 Å². The van der Waals surface area contributed by atoms with Gasteiger partial charge in [0.05, 0.1) is 0 Å². The summed E-state index contributed by atoms with van der Waals surface area (Å²) < 4.78 is 0. The molecule has 0 amide bonds. The molecule has 1 rings (SSSR count). The second kappa shape index (κ2) is 9.85. The normalized spacial score (nSPS) is 10.7. The monoisotopic (exact) mass is 282 g/mol. The molecular formula is C13H15ClN2O3. The van der Waals surface area contributed by atoms with Crippen molar-refractivity contribution in [2.45, 2.75) is 6.92 Å². The third-order valence-corrected chi connectivity index (χ3v) is 2.28. The summed E-state index contributed by atoms with van der Waals surface area (Å²) in [4.78, 5) is 23.3. The molecule has 5 nitrogen and oxygen atoms in total. The van der Waals surface area contributed by atoms with Crippen LogP contribution in [0.1, 0.15) is 22.8 Å². The number of halogens is 1. The number of nitrogens with two attached hydrogens (primary N) is 1. The van der Waals surface area contributed by atoms with Gasteiger partial charge in [0.25, 0.3) is 6.47 Å². The van der Waals surface area contributed by atoms with E-state index in [1.165, 1.54) is 6.20 Å². The second-order valence-electron chi connectivity index (χ2n) is 3.20. The van der Waals surface area contributed by atoms with Gasteiger partial charge >= 0.3 is 0 Å². The zero-order valence-corrected chi connectivity index (χ0v) is 11.2. The van der Waals surface area contributed by atoms with E-state index in [1.807, 2.05) is 6.92 Å². The Kier molecular flexibility index (Phi) is 8.74. The number of carbonyl (C=O) groups excluding carboxylic acids is 1. The summed E-state index contributed by atoms with van der Waals surface area (Å²) >= 11 is 5.88. The number of allylic oxidation sites excluding steroid dienone is 1. The number of carboxylic acid groups (broad SMARTS) is 1. The van der Waals surface area contributed by atoms with E-state index >= 15 is 0 Å². The van der Waals surface area contributed by atoms with E-state index in [9.17, 15) is 4.79 Å². The molecular weight excluding hydrogens is 268 g/mol. The van der Waals surface area contributed by atoms with Crippen LogP contribution < -0.4 is 5.73 Å². The maximum absolute atomic E-state index is 10.9. The summed E-state index contributed by atoms with van der Waals surface area (Å²) in [6, 6.07) is 5.03. The Labute approximate surface area is 116 Å². The number of hydrogen-bond acceptors (Lipinski definition) is 4. The van der Waals surface area contributed by atoms with E-state index < -0.39 is 0 Å². The molecule has 0 spiro atoms. The van der Waals surface area contributed by atoms with Crippen molar-refractivity contribution >= 4 is 36.1 Å². The van der Waals surface area contributed by atoms with Crippen molar-refractivity contribution in [3.8, 4) is 0 Å². The third kappa shape index (κ3) is 5.83. The number of nitrogens with zero attached hydrogens (tertiary/aromatic N) is 1. The Balaban J connectivity index is 0.000000982. The summed E-state index contributed by atoms with van der Waals surface area (Å²) in [7, 11) is 0. The molecule has 6 heteroatoms. The molecule has 19 heavy (non-hydrogen) atoms. The molecule has 0 saturated carbocycles. The summed E-state index contributed by atoms with van der Waals surface area (Å²) in [6.07, 6.45) is 3.82. The Morgan fingerprint density at radius 2 is 2.11 bits per heavy atom. The van der Waals surface area contributed by atoms with E-state index in [0.29, 0.717) is 28.3 Å². The van der Waals surface area contributed by atoms with Crippen LogP contribution in [0.3, 0.4) is 0 Å². The lowest BCUT2D eigenvalue weighted by Gasteiger charge is -2.05. The van der Waals surface area contributed by atoms with Crippen molar-refractivity contribution in [1.82, 2.24) is 0 Å². The first-order valence-corrected chi connectivity index (χ1v) is 5.77. The fourth-order valence-electron chi connectivity index (χ4n) is 1.27. The highest BCUT2D eigenvalue weighted by Gasteiger charge is 2.06. The zero-order chi connectivity index (χ0) is 14.7. The smallest absolute Gasteiger partial charge is 0.290 e. The number of hydrogen-bond donors (Lipinski definition) is 2. The van der Waals surface area contributed by atoms with Crippen molar-refractivity contribution in [2.75, 3.05) is 6.54 Å². The predicted molar refractivity (Wildman–Crippen MR) is 76.7 cm³/mol. The first kappa shape index (κ1) is 16.9. The van der Waals surface area contributed by atoms with Gasteiger partial charge in [-0.15, -0.1) is 0 Å². The minimum absolute atomic E-state index is 0.250. The van der Waals surface area contributed by atoms with Gasteiger partial charge in [-0.05, 0) is 30.7 Å².